The van der Waals surface area contributed by atoms with Gasteiger partial charge in [-0.1, -0.05) is 5.16 Å². The molecule has 0 heterocycles. The minimum atomic E-state index is -0.570. The van der Waals surface area contributed by atoms with E-state index in [2.05, 4.69) is 5.16 Å². The molecule has 1 aromatic carbocycles. The second-order valence-corrected chi connectivity index (χ2v) is 4.08. The summed E-state index contributed by atoms with van der Waals surface area (Å²) in [4.78, 5) is 12.3. The summed E-state index contributed by atoms with van der Waals surface area (Å²) in [5.74, 6) is -0.0377. The first-order valence-electron chi connectivity index (χ1n) is 5.49. The van der Waals surface area contributed by atoms with Crippen LogP contribution in [-0.4, -0.2) is 48.1 Å². The van der Waals surface area contributed by atoms with E-state index in [9.17, 15) is 10.1 Å². The van der Waals surface area contributed by atoms with Gasteiger partial charge >= 0.3 is 5.69 Å². The predicted molar refractivity (Wildman–Crippen MR) is 69.7 cm³/mol. The van der Waals surface area contributed by atoms with Gasteiger partial charge in [-0.15, -0.1) is 0 Å². The second kappa shape index (κ2) is 6.55. The van der Waals surface area contributed by atoms with Crippen LogP contribution in [0.25, 0.3) is 0 Å². The Morgan fingerprint density at radius 3 is 2.79 bits per heavy atom. The zero-order valence-corrected chi connectivity index (χ0v) is 10.7. The number of nitro benzene ring substituents is 1. The Hall–Kier alpha value is -2.35. The minimum Gasteiger partial charge on any atom is -0.485 e. The molecule has 8 heteroatoms. The van der Waals surface area contributed by atoms with Crippen molar-refractivity contribution in [1.82, 2.24) is 4.90 Å². The number of likely N-dealkylation sites (N-methyl/N-ethyl adjacent to an activating group) is 1. The normalized spacial score (nSPS) is 11.6. The Balaban J connectivity index is 2.95. The van der Waals surface area contributed by atoms with Crippen LogP contribution in [0.5, 0.6) is 5.75 Å². The van der Waals surface area contributed by atoms with Crippen molar-refractivity contribution in [1.29, 1.82) is 0 Å². The van der Waals surface area contributed by atoms with Crippen LogP contribution in [0.4, 0.5) is 5.69 Å². The Morgan fingerprint density at radius 2 is 2.26 bits per heavy atom. The molecule has 3 N–H and O–H groups in total. The highest BCUT2D eigenvalue weighted by molar-refractivity contribution is 5.97. The molecule has 0 bridgehead atoms. The molecule has 1 aromatic rings. The van der Waals surface area contributed by atoms with E-state index in [4.69, 9.17) is 15.7 Å². The largest absolute Gasteiger partial charge is 0.485 e. The molecular weight excluding hydrogens is 252 g/mol. The van der Waals surface area contributed by atoms with Crippen LogP contribution in [0.15, 0.2) is 23.4 Å². The molecule has 0 saturated heterocycles. The molecule has 19 heavy (non-hydrogen) atoms. The van der Waals surface area contributed by atoms with Crippen molar-refractivity contribution in [2.45, 2.75) is 0 Å². The van der Waals surface area contributed by atoms with Gasteiger partial charge in [0.25, 0.3) is 0 Å². The number of oxime groups is 1. The summed E-state index contributed by atoms with van der Waals surface area (Å²) in [6.07, 6.45) is 0. The minimum absolute atomic E-state index is 0.154. The maximum atomic E-state index is 11.0. The van der Waals surface area contributed by atoms with Gasteiger partial charge in [0.05, 0.1) is 4.92 Å². The summed E-state index contributed by atoms with van der Waals surface area (Å²) in [5.41, 5.74) is 5.42. The average molecular weight is 268 g/mol. The van der Waals surface area contributed by atoms with Crippen molar-refractivity contribution in [2.75, 3.05) is 27.2 Å². The summed E-state index contributed by atoms with van der Waals surface area (Å²) >= 11 is 0. The molecule has 0 aliphatic carbocycles. The third kappa shape index (κ3) is 4.11. The Kier molecular flexibility index (Phi) is 5.07. The molecule has 0 spiro atoms. The van der Waals surface area contributed by atoms with Gasteiger partial charge in [0.1, 0.15) is 6.61 Å². The van der Waals surface area contributed by atoms with Crippen molar-refractivity contribution in [2.24, 2.45) is 10.9 Å². The van der Waals surface area contributed by atoms with Crippen LogP contribution in [0, 0.1) is 10.1 Å². The summed E-state index contributed by atoms with van der Waals surface area (Å²) in [7, 11) is 3.75. The number of benzene rings is 1. The van der Waals surface area contributed by atoms with E-state index < -0.39 is 4.92 Å². The van der Waals surface area contributed by atoms with Gasteiger partial charge in [0.15, 0.2) is 11.6 Å². The van der Waals surface area contributed by atoms with E-state index in [-0.39, 0.29) is 22.8 Å². The highest BCUT2D eigenvalue weighted by Crippen LogP contribution is 2.27. The zero-order chi connectivity index (χ0) is 14.4. The van der Waals surface area contributed by atoms with E-state index in [1.165, 1.54) is 18.2 Å². The maximum Gasteiger partial charge on any atom is 0.311 e. The summed E-state index contributed by atoms with van der Waals surface area (Å²) < 4.78 is 5.35. The molecule has 8 nitrogen and oxygen atoms in total. The van der Waals surface area contributed by atoms with Gasteiger partial charge in [0, 0.05) is 18.2 Å². The lowest BCUT2D eigenvalue weighted by Crippen LogP contribution is -2.20. The molecule has 0 fully saturated rings. The molecule has 0 unspecified atom stereocenters. The summed E-state index contributed by atoms with van der Waals surface area (Å²) in [5, 5.41) is 22.3. The smallest absolute Gasteiger partial charge is 0.311 e. The highest BCUT2D eigenvalue weighted by Gasteiger charge is 2.17. The standard InChI is InChI=1S/C11H16N4O4/c1-14(2)5-6-19-10-4-3-8(11(12)13-16)7-9(10)15(17)18/h3-4,7,16H,5-6H2,1-2H3,(H2,12,13). The predicted octanol–water partition coefficient (Wildman–Crippen LogP) is 0.630. The molecular formula is C11H16N4O4. The van der Waals surface area contributed by atoms with Gasteiger partial charge in [-0.2, -0.15) is 0 Å². The van der Waals surface area contributed by atoms with E-state index in [0.717, 1.165) is 0 Å². The second-order valence-electron chi connectivity index (χ2n) is 4.08. The van der Waals surface area contributed by atoms with Crippen LogP contribution in [-0.2, 0) is 0 Å². The van der Waals surface area contributed by atoms with Crippen molar-refractivity contribution in [3.05, 3.63) is 33.9 Å². The number of rotatable bonds is 6. The van der Waals surface area contributed by atoms with Crippen LogP contribution in [0.2, 0.25) is 0 Å². The first kappa shape index (κ1) is 14.7. The fraction of sp³-hybridized carbons (Fsp3) is 0.364. The first-order chi connectivity index (χ1) is 8.95. The van der Waals surface area contributed by atoms with E-state index >= 15 is 0 Å². The van der Waals surface area contributed by atoms with Crippen LogP contribution in [0.3, 0.4) is 0 Å². The molecule has 0 aromatic heterocycles. The molecule has 0 atom stereocenters. The van der Waals surface area contributed by atoms with E-state index in [1.807, 2.05) is 19.0 Å². The quantitative estimate of drug-likeness (QED) is 0.257. The number of amidine groups is 1. The van der Waals surface area contributed by atoms with Gasteiger partial charge in [-0.25, -0.2) is 0 Å². The summed E-state index contributed by atoms with van der Waals surface area (Å²) in [6, 6.07) is 4.13. The van der Waals surface area contributed by atoms with Gasteiger partial charge < -0.3 is 20.6 Å². The number of nitrogens with zero attached hydrogens (tertiary/aromatic N) is 3. The Bertz CT molecular complexity index is 488. The molecule has 0 aliphatic rings. The average Bonchev–Trinajstić information content (AvgIpc) is 2.37. The van der Waals surface area contributed by atoms with Crippen LogP contribution >= 0.6 is 0 Å². The van der Waals surface area contributed by atoms with Crippen LogP contribution in [0.1, 0.15) is 5.56 Å². The summed E-state index contributed by atoms with van der Waals surface area (Å²) in [6.45, 7) is 0.968. The lowest BCUT2D eigenvalue weighted by molar-refractivity contribution is -0.385. The number of hydrogen-bond donors (Lipinski definition) is 2. The zero-order valence-electron chi connectivity index (χ0n) is 10.7. The van der Waals surface area contributed by atoms with E-state index in [1.54, 1.807) is 0 Å². The number of ether oxygens (including phenoxy) is 1. The molecule has 0 saturated carbocycles. The van der Waals surface area contributed by atoms with Crippen LogP contribution < -0.4 is 10.5 Å². The van der Waals surface area contributed by atoms with Gasteiger partial charge in [0.2, 0.25) is 0 Å². The van der Waals surface area contributed by atoms with Gasteiger partial charge in [-0.3, -0.25) is 10.1 Å². The maximum absolute atomic E-state index is 11.0. The number of hydrogen-bond acceptors (Lipinski definition) is 6. The topological polar surface area (TPSA) is 114 Å². The lowest BCUT2D eigenvalue weighted by atomic mass is 10.1. The SMILES string of the molecule is CN(C)CCOc1ccc(C(N)=NO)cc1[N+](=O)[O-]. The van der Waals surface area contributed by atoms with Crippen molar-refractivity contribution < 1.29 is 14.9 Å². The fourth-order valence-electron chi connectivity index (χ4n) is 1.34. The third-order valence-electron chi connectivity index (χ3n) is 2.36. The lowest BCUT2D eigenvalue weighted by Gasteiger charge is -2.11. The Morgan fingerprint density at radius 1 is 1.58 bits per heavy atom. The molecule has 0 amide bonds. The Labute approximate surface area is 110 Å². The van der Waals surface area contributed by atoms with Crippen molar-refractivity contribution >= 4 is 11.5 Å². The van der Waals surface area contributed by atoms with Gasteiger partial charge in [-0.05, 0) is 26.2 Å². The molecule has 0 aliphatic heterocycles. The number of nitro groups is 1. The first-order valence-corrected chi connectivity index (χ1v) is 5.49. The number of nitrogens with two attached hydrogens (primary N) is 1. The highest BCUT2D eigenvalue weighted by atomic mass is 16.6. The van der Waals surface area contributed by atoms with E-state index in [0.29, 0.717) is 13.2 Å². The molecule has 0 radical (unpaired) electrons. The molecule has 1 rings (SSSR count). The fourth-order valence-corrected chi connectivity index (χ4v) is 1.34. The molecule has 104 valence electrons. The van der Waals surface area contributed by atoms with Crippen molar-refractivity contribution in [3.63, 3.8) is 0 Å². The monoisotopic (exact) mass is 268 g/mol. The van der Waals surface area contributed by atoms with Crippen molar-refractivity contribution in [3.8, 4) is 5.75 Å². The third-order valence-corrected chi connectivity index (χ3v) is 2.36.